The number of hydrogen-bond acceptors (Lipinski definition) is 3. The molecule has 0 radical (unpaired) electrons. The first kappa shape index (κ1) is 12.1. The highest BCUT2D eigenvalue weighted by atomic mass is 16.3. The molecule has 3 heteroatoms. The average molecular weight is 225 g/mol. The Labute approximate surface area is 97.8 Å². The van der Waals surface area contributed by atoms with Crippen molar-refractivity contribution >= 4 is 5.78 Å². The van der Waals surface area contributed by atoms with Crippen LogP contribution >= 0.6 is 0 Å². The molecule has 2 rings (SSSR count). The van der Waals surface area contributed by atoms with E-state index in [2.05, 4.69) is 11.8 Å². The van der Waals surface area contributed by atoms with E-state index in [0.717, 1.165) is 32.4 Å². The third kappa shape index (κ3) is 3.05. The lowest BCUT2D eigenvalue weighted by Crippen LogP contribution is -2.39. The molecule has 2 aliphatic rings. The lowest BCUT2D eigenvalue weighted by atomic mass is 9.81. The van der Waals surface area contributed by atoms with Crippen LogP contribution in [0.1, 0.15) is 39.0 Å². The number of carbonyl (C=O) groups excluding carboxylic acids is 1. The van der Waals surface area contributed by atoms with Gasteiger partial charge in [0.1, 0.15) is 5.78 Å². The zero-order valence-electron chi connectivity index (χ0n) is 10.2. The normalized spacial score (nSPS) is 31.1. The summed E-state index contributed by atoms with van der Waals surface area (Å²) in [5.74, 6) is 1.37. The van der Waals surface area contributed by atoms with Gasteiger partial charge in [-0.2, -0.15) is 0 Å². The maximum absolute atomic E-state index is 11.8. The van der Waals surface area contributed by atoms with Crippen LogP contribution < -0.4 is 0 Å². The predicted molar refractivity (Wildman–Crippen MR) is 63.2 cm³/mol. The molecule has 0 aromatic rings. The molecule has 0 heterocycles. The van der Waals surface area contributed by atoms with E-state index >= 15 is 0 Å². The van der Waals surface area contributed by atoms with Crippen LogP contribution in [-0.4, -0.2) is 41.5 Å². The fourth-order valence-electron chi connectivity index (χ4n) is 2.78. The van der Waals surface area contributed by atoms with Gasteiger partial charge in [0.2, 0.25) is 0 Å². The minimum Gasteiger partial charge on any atom is -0.395 e. The Balaban J connectivity index is 1.87. The number of hydrogen-bond donors (Lipinski definition) is 1. The zero-order valence-corrected chi connectivity index (χ0v) is 10.2. The van der Waals surface area contributed by atoms with E-state index in [0.29, 0.717) is 17.7 Å². The molecule has 1 N–H and O–H groups in total. The SMILES string of the molecule is CC1CCC(=O)C(CN(CCO)C2CC2)C1. The summed E-state index contributed by atoms with van der Waals surface area (Å²) < 4.78 is 0. The van der Waals surface area contributed by atoms with Gasteiger partial charge in [0.25, 0.3) is 0 Å². The van der Waals surface area contributed by atoms with E-state index in [9.17, 15) is 4.79 Å². The maximum Gasteiger partial charge on any atom is 0.137 e. The molecule has 3 nitrogen and oxygen atoms in total. The van der Waals surface area contributed by atoms with Crippen molar-refractivity contribution in [3.8, 4) is 0 Å². The molecule has 2 fully saturated rings. The Morgan fingerprint density at radius 2 is 2.12 bits per heavy atom. The second kappa shape index (κ2) is 5.28. The highest BCUT2D eigenvalue weighted by Gasteiger charge is 2.33. The number of aliphatic hydroxyl groups is 1. The van der Waals surface area contributed by atoms with Crippen LogP contribution in [0, 0.1) is 11.8 Å². The first-order chi connectivity index (χ1) is 7.70. The van der Waals surface area contributed by atoms with Gasteiger partial charge in [0, 0.05) is 31.5 Å². The summed E-state index contributed by atoms with van der Waals surface area (Å²) in [7, 11) is 0. The lowest BCUT2D eigenvalue weighted by Gasteiger charge is -2.31. The molecule has 16 heavy (non-hydrogen) atoms. The quantitative estimate of drug-likeness (QED) is 0.770. The first-order valence-corrected chi connectivity index (χ1v) is 6.58. The van der Waals surface area contributed by atoms with Crippen molar-refractivity contribution in [3.63, 3.8) is 0 Å². The average Bonchev–Trinajstić information content (AvgIpc) is 3.06. The molecular formula is C13H23NO2. The molecule has 2 saturated carbocycles. The third-order valence-electron chi connectivity index (χ3n) is 3.93. The molecule has 2 atom stereocenters. The second-order valence-corrected chi connectivity index (χ2v) is 5.49. The maximum atomic E-state index is 11.8. The van der Waals surface area contributed by atoms with Gasteiger partial charge in [-0.15, -0.1) is 0 Å². The standard InChI is InChI=1S/C13H23NO2/c1-10-2-5-13(16)11(8-10)9-14(6-7-15)12-3-4-12/h10-12,15H,2-9H2,1H3. The highest BCUT2D eigenvalue weighted by molar-refractivity contribution is 5.81. The van der Waals surface area contributed by atoms with Crippen LogP contribution in [0.15, 0.2) is 0 Å². The fourth-order valence-corrected chi connectivity index (χ4v) is 2.78. The minimum atomic E-state index is 0.215. The number of rotatable bonds is 5. The topological polar surface area (TPSA) is 40.5 Å². The number of ketones is 1. The molecule has 0 spiro atoms. The number of Topliss-reactive ketones (excluding diaryl/α,β-unsaturated/α-hetero) is 1. The van der Waals surface area contributed by atoms with Gasteiger partial charge in [-0.05, 0) is 31.6 Å². The predicted octanol–water partition coefficient (Wildman–Crippen LogP) is 1.45. The minimum absolute atomic E-state index is 0.215. The summed E-state index contributed by atoms with van der Waals surface area (Å²) in [6, 6.07) is 0.650. The number of aliphatic hydroxyl groups excluding tert-OH is 1. The molecule has 0 aromatic carbocycles. The zero-order chi connectivity index (χ0) is 11.5. The summed E-state index contributed by atoms with van der Waals surface area (Å²) in [5.41, 5.74) is 0. The second-order valence-electron chi connectivity index (χ2n) is 5.49. The van der Waals surface area contributed by atoms with Crippen molar-refractivity contribution in [2.24, 2.45) is 11.8 Å². The molecule has 0 saturated heterocycles. The van der Waals surface area contributed by atoms with Crippen molar-refractivity contribution in [2.45, 2.75) is 45.1 Å². The van der Waals surface area contributed by atoms with Crippen LogP contribution in [0.3, 0.4) is 0 Å². The molecule has 0 bridgehead atoms. The Morgan fingerprint density at radius 1 is 1.38 bits per heavy atom. The van der Waals surface area contributed by atoms with Gasteiger partial charge in [-0.1, -0.05) is 6.92 Å². The Hall–Kier alpha value is -0.410. The van der Waals surface area contributed by atoms with E-state index in [4.69, 9.17) is 5.11 Å². The molecular weight excluding hydrogens is 202 g/mol. The molecule has 92 valence electrons. The van der Waals surface area contributed by atoms with Crippen molar-refractivity contribution in [3.05, 3.63) is 0 Å². The van der Waals surface area contributed by atoms with Crippen molar-refractivity contribution in [1.82, 2.24) is 4.90 Å². The Bertz CT molecular complexity index is 250. The number of nitrogens with zero attached hydrogens (tertiary/aromatic N) is 1. The van der Waals surface area contributed by atoms with Crippen LogP contribution in [0.5, 0.6) is 0 Å². The first-order valence-electron chi connectivity index (χ1n) is 6.58. The Morgan fingerprint density at radius 3 is 2.75 bits per heavy atom. The van der Waals surface area contributed by atoms with E-state index in [1.165, 1.54) is 12.8 Å². The molecule has 0 aliphatic heterocycles. The molecule has 0 amide bonds. The van der Waals surface area contributed by atoms with Crippen LogP contribution in [0.4, 0.5) is 0 Å². The highest BCUT2D eigenvalue weighted by Crippen LogP contribution is 2.31. The van der Waals surface area contributed by atoms with Crippen LogP contribution in [-0.2, 0) is 4.79 Å². The third-order valence-corrected chi connectivity index (χ3v) is 3.93. The molecule has 0 aromatic heterocycles. The summed E-state index contributed by atoms with van der Waals surface area (Å²) in [6.45, 7) is 4.08. The van der Waals surface area contributed by atoms with Gasteiger partial charge in [0.15, 0.2) is 0 Å². The van der Waals surface area contributed by atoms with Crippen molar-refractivity contribution in [2.75, 3.05) is 19.7 Å². The molecule has 2 unspecified atom stereocenters. The van der Waals surface area contributed by atoms with Gasteiger partial charge < -0.3 is 5.11 Å². The summed E-state index contributed by atoms with van der Waals surface area (Å²) in [5, 5.41) is 9.03. The fraction of sp³-hybridized carbons (Fsp3) is 0.923. The van der Waals surface area contributed by atoms with Crippen LogP contribution in [0.25, 0.3) is 0 Å². The van der Waals surface area contributed by atoms with Gasteiger partial charge in [-0.25, -0.2) is 0 Å². The van der Waals surface area contributed by atoms with Crippen molar-refractivity contribution < 1.29 is 9.90 Å². The van der Waals surface area contributed by atoms with Gasteiger partial charge in [0.05, 0.1) is 6.61 Å². The monoisotopic (exact) mass is 225 g/mol. The lowest BCUT2D eigenvalue weighted by molar-refractivity contribution is -0.126. The largest absolute Gasteiger partial charge is 0.395 e. The van der Waals surface area contributed by atoms with Crippen LogP contribution in [0.2, 0.25) is 0 Å². The Kier molecular flexibility index (Phi) is 3.98. The van der Waals surface area contributed by atoms with E-state index in [-0.39, 0.29) is 12.5 Å². The smallest absolute Gasteiger partial charge is 0.137 e. The van der Waals surface area contributed by atoms with Gasteiger partial charge >= 0.3 is 0 Å². The number of carbonyl (C=O) groups is 1. The summed E-state index contributed by atoms with van der Waals surface area (Å²) >= 11 is 0. The van der Waals surface area contributed by atoms with E-state index in [1.807, 2.05) is 0 Å². The van der Waals surface area contributed by atoms with Crippen molar-refractivity contribution in [1.29, 1.82) is 0 Å². The van der Waals surface area contributed by atoms with E-state index < -0.39 is 0 Å². The van der Waals surface area contributed by atoms with E-state index in [1.54, 1.807) is 0 Å². The van der Waals surface area contributed by atoms with Gasteiger partial charge in [-0.3, -0.25) is 9.69 Å². The molecule has 2 aliphatic carbocycles. The summed E-state index contributed by atoms with van der Waals surface area (Å²) in [4.78, 5) is 14.2. The summed E-state index contributed by atoms with van der Waals surface area (Å²) in [6.07, 6.45) is 5.38.